The molecule has 0 aromatic carbocycles. The molecule has 0 radical (unpaired) electrons. The van der Waals surface area contributed by atoms with Crippen LogP contribution >= 0.6 is 0 Å². The number of hydrogen-bond acceptors (Lipinski definition) is 4. The highest BCUT2D eigenvalue weighted by Crippen LogP contribution is 2.12. The molecular weight excluding hydrogens is 194 g/mol. The second-order valence-corrected chi connectivity index (χ2v) is 2.99. The van der Waals surface area contributed by atoms with E-state index >= 15 is 0 Å². The first-order valence-electron chi connectivity index (χ1n) is 5.00. The number of carbonyl (C=O) groups excluding carboxylic acids is 1. The first-order chi connectivity index (χ1) is 7.19. The fraction of sp³-hybridized carbons (Fsp3) is 0.455. The van der Waals surface area contributed by atoms with Gasteiger partial charge in [-0.3, -0.25) is 0 Å². The fourth-order valence-electron chi connectivity index (χ4n) is 1.10. The van der Waals surface area contributed by atoms with Crippen molar-refractivity contribution in [3.8, 4) is 0 Å². The lowest BCUT2D eigenvalue weighted by atomic mass is 10.4. The van der Waals surface area contributed by atoms with Crippen LogP contribution in [0.5, 0.6) is 0 Å². The molecule has 1 rings (SSSR count). The fourth-order valence-corrected chi connectivity index (χ4v) is 1.10. The lowest BCUT2D eigenvalue weighted by molar-refractivity contribution is 0.0518. The topological polar surface area (TPSA) is 52.3 Å². The summed E-state index contributed by atoms with van der Waals surface area (Å²) in [7, 11) is 0. The Bertz CT molecular complexity index is 366. The lowest BCUT2D eigenvalue weighted by Crippen LogP contribution is -2.06. The van der Waals surface area contributed by atoms with Gasteiger partial charge in [0, 0.05) is 0 Å². The minimum Gasteiger partial charge on any atom is -0.461 e. The van der Waals surface area contributed by atoms with E-state index in [9.17, 15) is 4.79 Å². The molecule has 0 aliphatic heterocycles. The smallest absolute Gasteiger partial charge is 0.360 e. The maximum absolute atomic E-state index is 11.4. The SMILES string of the molecule is CC/C=C\c1nc(C(=O)OCC)c(C)o1. The quantitative estimate of drug-likeness (QED) is 0.715. The zero-order valence-electron chi connectivity index (χ0n) is 9.24. The van der Waals surface area contributed by atoms with E-state index in [1.807, 2.05) is 13.0 Å². The Morgan fingerprint density at radius 1 is 1.53 bits per heavy atom. The molecule has 0 atom stereocenters. The van der Waals surface area contributed by atoms with Crippen LogP contribution in [0.1, 0.15) is 42.4 Å². The van der Waals surface area contributed by atoms with Gasteiger partial charge in [0.2, 0.25) is 5.89 Å². The molecule has 1 aromatic heterocycles. The number of hydrogen-bond donors (Lipinski definition) is 0. The van der Waals surface area contributed by atoms with E-state index in [1.54, 1.807) is 19.9 Å². The zero-order chi connectivity index (χ0) is 11.3. The number of allylic oxidation sites excluding steroid dienone is 1. The Balaban J connectivity index is 2.86. The van der Waals surface area contributed by atoms with Crippen LogP contribution in [0.25, 0.3) is 6.08 Å². The Kier molecular flexibility index (Phi) is 4.09. The van der Waals surface area contributed by atoms with Crippen molar-refractivity contribution < 1.29 is 13.9 Å². The monoisotopic (exact) mass is 209 g/mol. The number of oxazole rings is 1. The molecule has 0 spiro atoms. The Hall–Kier alpha value is -1.58. The zero-order valence-corrected chi connectivity index (χ0v) is 9.24. The first-order valence-corrected chi connectivity index (χ1v) is 5.00. The van der Waals surface area contributed by atoms with E-state index in [2.05, 4.69) is 4.98 Å². The summed E-state index contributed by atoms with van der Waals surface area (Å²) >= 11 is 0. The molecule has 0 saturated heterocycles. The lowest BCUT2D eigenvalue weighted by Gasteiger charge is -1.96. The largest absolute Gasteiger partial charge is 0.461 e. The molecule has 0 N–H and O–H groups in total. The highest BCUT2D eigenvalue weighted by molar-refractivity contribution is 5.88. The molecule has 4 nitrogen and oxygen atoms in total. The van der Waals surface area contributed by atoms with Gasteiger partial charge < -0.3 is 9.15 Å². The van der Waals surface area contributed by atoms with Crippen molar-refractivity contribution in [2.75, 3.05) is 6.61 Å². The predicted octanol–water partition coefficient (Wildman–Crippen LogP) is 2.58. The normalized spacial score (nSPS) is 10.9. The van der Waals surface area contributed by atoms with Gasteiger partial charge in [0.1, 0.15) is 5.76 Å². The first kappa shape index (κ1) is 11.5. The number of nitrogens with zero attached hydrogens (tertiary/aromatic N) is 1. The summed E-state index contributed by atoms with van der Waals surface area (Å²) in [5.74, 6) is 0.497. The molecule has 0 aliphatic rings. The Morgan fingerprint density at radius 3 is 2.87 bits per heavy atom. The van der Waals surface area contributed by atoms with Gasteiger partial charge >= 0.3 is 5.97 Å². The predicted molar refractivity (Wildman–Crippen MR) is 56.5 cm³/mol. The van der Waals surface area contributed by atoms with Crippen LogP contribution in [0.2, 0.25) is 0 Å². The highest BCUT2D eigenvalue weighted by Gasteiger charge is 2.16. The van der Waals surface area contributed by atoms with E-state index in [0.29, 0.717) is 18.3 Å². The summed E-state index contributed by atoms with van der Waals surface area (Å²) in [5, 5.41) is 0. The highest BCUT2D eigenvalue weighted by atomic mass is 16.5. The Morgan fingerprint density at radius 2 is 2.27 bits per heavy atom. The van der Waals surface area contributed by atoms with Crippen LogP contribution in [0.15, 0.2) is 10.5 Å². The molecule has 0 aliphatic carbocycles. The van der Waals surface area contributed by atoms with Crippen LogP contribution in [-0.4, -0.2) is 17.6 Å². The van der Waals surface area contributed by atoms with Gasteiger partial charge in [0.25, 0.3) is 0 Å². The standard InChI is InChI=1S/C11H15NO3/c1-4-6-7-9-12-10(8(3)15-9)11(13)14-5-2/h6-7H,4-5H2,1-3H3/b7-6-. The third-order valence-corrected chi connectivity index (χ3v) is 1.78. The number of ether oxygens (including phenoxy) is 1. The van der Waals surface area contributed by atoms with Crippen molar-refractivity contribution in [3.63, 3.8) is 0 Å². The molecule has 0 saturated carbocycles. The van der Waals surface area contributed by atoms with Gasteiger partial charge in [0.15, 0.2) is 5.69 Å². The molecule has 1 heterocycles. The van der Waals surface area contributed by atoms with Crippen LogP contribution < -0.4 is 0 Å². The van der Waals surface area contributed by atoms with Crippen LogP contribution in [0.3, 0.4) is 0 Å². The molecule has 82 valence electrons. The summed E-state index contributed by atoms with van der Waals surface area (Å²) in [6.07, 6.45) is 4.56. The van der Waals surface area contributed by atoms with E-state index in [4.69, 9.17) is 9.15 Å². The van der Waals surface area contributed by atoms with Crippen LogP contribution in [0.4, 0.5) is 0 Å². The van der Waals surface area contributed by atoms with E-state index in [0.717, 1.165) is 6.42 Å². The molecule has 15 heavy (non-hydrogen) atoms. The van der Waals surface area contributed by atoms with Gasteiger partial charge in [-0.25, -0.2) is 9.78 Å². The molecular formula is C11H15NO3. The van der Waals surface area contributed by atoms with E-state index < -0.39 is 5.97 Å². The minimum atomic E-state index is -0.435. The summed E-state index contributed by atoms with van der Waals surface area (Å²) < 4.78 is 10.1. The van der Waals surface area contributed by atoms with Gasteiger partial charge in [-0.05, 0) is 26.3 Å². The van der Waals surface area contributed by atoms with Crippen molar-refractivity contribution >= 4 is 12.0 Å². The number of rotatable bonds is 4. The van der Waals surface area contributed by atoms with Gasteiger partial charge in [-0.2, -0.15) is 0 Å². The molecule has 1 aromatic rings. The second kappa shape index (κ2) is 5.34. The third-order valence-electron chi connectivity index (χ3n) is 1.78. The summed E-state index contributed by atoms with van der Waals surface area (Å²) in [6, 6.07) is 0. The number of esters is 1. The average Bonchev–Trinajstić information content (AvgIpc) is 2.57. The molecule has 0 bridgehead atoms. The third kappa shape index (κ3) is 2.94. The van der Waals surface area contributed by atoms with Gasteiger partial charge in [0.05, 0.1) is 6.61 Å². The van der Waals surface area contributed by atoms with Crippen LogP contribution in [-0.2, 0) is 4.74 Å². The van der Waals surface area contributed by atoms with E-state index in [1.165, 1.54) is 0 Å². The minimum absolute atomic E-state index is 0.257. The second-order valence-electron chi connectivity index (χ2n) is 2.99. The van der Waals surface area contributed by atoms with E-state index in [-0.39, 0.29) is 5.69 Å². The van der Waals surface area contributed by atoms with Crippen molar-refractivity contribution in [2.45, 2.75) is 27.2 Å². The van der Waals surface area contributed by atoms with Crippen molar-refractivity contribution in [1.82, 2.24) is 4.98 Å². The molecule has 0 amide bonds. The molecule has 0 unspecified atom stereocenters. The van der Waals surface area contributed by atoms with Crippen molar-refractivity contribution in [1.29, 1.82) is 0 Å². The molecule has 0 fully saturated rings. The van der Waals surface area contributed by atoms with Crippen LogP contribution in [0, 0.1) is 6.92 Å². The summed E-state index contributed by atoms with van der Waals surface area (Å²) in [6.45, 7) is 5.80. The van der Waals surface area contributed by atoms with Gasteiger partial charge in [-0.15, -0.1) is 0 Å². The number of aromatic nitrogens is 1. The maximum Gasteiger partial charge on any atom is 0.360 e. The summed E-state index contributed by atoms with van der Waals surface area (Å²) in [4.78, 5) is 15.4. The Labute approximate surface area is 89.0 Å². The maximum atomic E-state index is 11.4. The van der Waals surface area contributed by atoms with Crippen molar-refractivity contribution in [2.24, 2.45) is 0 Å². The number of aryl methyl sites for hydroxylation is 1. The van der Waals surface area contributed by atoms with Gasteiger partial charge in [-0.1, -0.05) is 13.0 Å². The number of carbonyl (C=O) groups is 1. The average molecular weight is 209 g/mol. The van der Waals surface area contributed by atoms with Crippen molar-refractivity contribution in [3.05, 3.63) is 23.4 Å². The summed E-state index contributed by atoms with van der Waals surface area (Å²) in [5.41, 5.74) is 0.257. The molecule has 4 heteroatoms.